The fourth-order valence-electron chi connectivity index (χ4n) is 2.83. The monoisotopic (exact) mass is 552 g/mol. The summed E-state index contributed by atoms with van der Waals surface area (Å²) < 4.78 is 11.3. The first-order chi connectivity index (χ1) is 15.7. The van der Waals surface area contributed by atoms with Gasteiger partial charge in [0.1, 0.15) is 6.54 Å². The first kappa shape index (κ1) is 24.8. The van der Waals surface area contributed by atoms with Gasteiger partial charge in [0.25, 0.3) is 11.1 Å². The Morgan fingerprint density at radius 2 is 1.94 bits per heavy atom. The van der Waals surface area contributed by atoms with Crippen LogP contribution in [0.2, 0.25) is 5.02 Å². The van der Waals surface area contributed by atoms with E-state index >= 15 is 0 Å². The summed E-state index contributed by atoms with van der Waals surface area (Å²) in [5.74, 6) is -1.04. The Morgan fingerprint density at radius 1 is 1.18 bits per heavy atom. The standard InChI is InChI=1S/C22H18BrClN2O6S/c1-3-31-18-8-13(4-7-17(18)32-12(2)27)9-19-21(29)26(22(30)33-19)11-20(28)25-14-5-6-15(23)16(24)10-14/h4-10H,3,11H2,1-2H3,(H,25,28)/b19-9+. The van der Waals surface area contributed by atoms with Crippen molar-refractivity contribution in [3.05, 3.63) is 56.4 Å². The van der Waals surface area contributed by atoms with E-state index in [-0.39, 0.29) is 10.7 Å². The Kier molecular flexibility index (Phi) is 8.17. The molecule has 0 spiro atoms. The molecule has 1 N–H and O–H groups in total. The van der Waals surface area contributed by atoms with Gasteiger partial charge in [0.15, 0.2) is 11.5 Å². The summed E-state index contributed by atoms with van der Waals surface area (Å²) in [6.45, 7) is 2.96. The smallest absolute Gasteiger partial charge is 0.308 e. The molecular weight excluding hydrogens is 536 g/mol. The molecule has 1 saturated heterocycles. The fourth-order valence-corrected chi connectivity index (χ4v) is 4.09. The van der Waals surface area contributed by atoms with Crippen molar-refractivity contribution >= 4 is 74.1 Å². The second-order valence-corrected chi connectivity index (χ2v) is 8.93. The second-order valence-electron chi connectivity index (χ2n) is 6.68. The van der Waals surface area contributed by atoms with Gasteiger partial charge in [-0.1, -0.05) is 17.7 Å². The molecule has 0 bridgehead atoms. The summed E-state index contributed by atoms with van der Waals surface area (Å²) in [5.41, 5.74) is 1.00. The highest BCUT2D eigenvalue weighted by Gasteiger charge is 2.36. The van der Waals surface area contributed by atoms with Crippen molar-refractivity contribution in [3.63, 3.8) is 0 Å². The van der Waals surface area contributed by atoms with Crippen LogP contribution in [-0.2, 0) is 14.4 Å². The van der Waals surface area contributed by atoms with E-state index in [4.69, 9.17) is 21.1 Å². The number of esters is 1. The largest absolute Gasteiger partial charge is 0.490 e. The maximum Gasteiger partial charge on any atom is 0.308 e. The van der Waals surface area contributed by atoms with Crippen LogP contribution in [0.4, 0.5) is 10.5 Å². The van der Waals surface area contributed by atoms with E-state index in [2.05, 4.69) is 21.2 Å². The van der Waals surface area contributed by atoms with E-state index in [1.165, 1.54) is 13.0 Å². The van der Waals surface area contributed by atoms with Crippen molar-refractivity contribution in [1.29, 1.82) is 0 Å². The van der Waals surface area contributed by atoms with Crippen LogP contribution in [0.3, 0.4) is 0 Å². The number of rotatable bonds is 7. The summed E-state index contributed by atoms with van der Waals surface area (Å²) in [5, 5.41) is 2.46. The highest BCUT2D eigenvalue weighted by Crippen LogP contribution is 2.35. The van der Waals surface area contributed by atoms with Crippen LogP contribution in [0.15, 0.2) is 45.8 Å². The molecule has 1 aliphatic rings. The number of hydrogen-bond donors (Lipinski definition) is 1. The second kappa shape index (κ2) is 10.9. The Bertz CT molecular complexity index is 1170. The molecule has 172 valence electrons. The lowest BCUT2D eigenvalue weighted by Crippen LogP contribution is -2.36. The number of benzene rings is 2. The molecular formula is C22H18BrClN2O6S. The summed E-state index contributed by atoms with van der Waals surface area (Å²) in [6.07, 6.45) is 1.51. The van der Waals surface area contributed by atoms with E-state index in [9.17, 15) is 19.2 Å². The molecule has 0 aromatic heterocycles. The zero-order chi connectivity index (χ0) is 24.1. The highest BCUT2D eigenvalue weighted by molar-refractivity contribution is 9.10. The van der Waals surface area contributed by atoms with Gasteiger partial charge >= 0.3 is 5.97 Å². The lowest BCUT2D eigenvalue weighted by atomic mass is 10.2. The molecule has 1 fully saturated rings. The van der Waals surface area contributed by atoms with E-state index in [1.807, 2.05) is 0 Å². The third-order valence-corrected chi connectivity index (χ3v) is 6.34. The zero-order valence-electron chi connectivity index (χ0n) is 17.5. The van der Waals surface area contributed by atoms with Crippen molar-refractivity contribution in [2.75, 3.05) is 18.5 Å². The average Bonchev–Trinajstić information content (AvgIpc) is 3.00. The first-order valence-electron chi connectivity index (χ1n) is 9.63. The van der Waals surface area contributed by atoms with E-state index in [0.717, 1.165) is 16.7 Å². The van der Waals surface area contributed by atoms with Gasteiger partial charge in [-0.05, 0) is 76.6 Å². The van der Waals surface area contributed by atoms with E-state index < -0.39 is 29.6 Å². The molecule has 2 aromatic carbocycles. The number of nitrogens with zero attached hydrogens (tertiary/aromatic N) is 1. The molecule has 1 heterocycles. The average molecular weight is 554 g/mol. The van der Waals surface area contributed by atoms with Gasteiger partial charge in [-0.3, -0.25) is 24.1 Å². The maximum atomic E-state index is 12.7. The Labute approximate surface area is 207 Å². The topological polar surface area (TPSA) is 102 Å². The van der Waals surface area contributed by atoms with Crippen molar-refractivity contribution in [3.8, 4) is 11.5 Å². The minimum absolute atomic E-state index is 0.155. The number of carbonyl (C=O) groups is 4. The molecule has 33 heavy (non-hydrogen) atoms. The normalized spacial score (nSPS) is 14.5. The lowest BCUT2D eigenvalue weighted by Gasteiger charge is -2.13. The van der Waals surface area contributed by atoms with E-state index in [1.54, 1.807) is 43.3 Å². The number of amides is 3. The van der Waals surface area contributed by atoms with Gasteiger partial charge in [0.05, 0.1) is 16.5 Å². The van der Waals surface area contributed by atoms with Crippen molar-refractivity contribution in [2.24, 2.45) is 0 Å². The van der Waals surface area contributed by atoms with Gasteiger partial charge in [0, 0.05) is 17.1 Å². The number of imide groups is 1. The molecule has 2 aromatic rings. The Hall–Kier alpha value is -2.82. The van der Waals surface area contributed by atoms with Crippen LogP contribution in [0.25, 0.3) is 6.08 Å². The minimum Gasteiger partial charge on any atom is -0.490 e. The van der Waals surface area contributed by atoms with Gasteiger partial charge in [-0.25, -0.2) is 0 Å². The van der Waals surface area contributed by atoms with Gasteiger partial charge in [0.2, 0.25) is 5.91 Å². The molecule has 0 unspecified atom stereocenters. The van der Waals surface area contributed by atoms with Gasteiger partial charge < -0.3 is 14.8 Å². The molecule has 3 rings (SSSR count). The molecule has 3 amide bonds. The third kappa shape index (κ3) is 6.37. The number of carbonyl (C=O) groups excluding carboxylic acids is 4. The molecule has 1 aliphatic heterocycles. The first-order valence-corrected chi connectivity index (χ1v) is 11.6. The fraction of sp³-hybridized carbons (Fsp3) is 0.182. The van der Waals surface area contributed by atoms with Crippen molar-refractivity contribution < 1.29 is 28.7 Å². The minimum atomic E-state index is -0.587. The molecule has 8 nitrogen and oxygen atoms in total. The summed E-state index contributed by atoms with van der Waals surface area (Å²) in [7, 11) is 0. The molecule has 0 atom stereocenters. The SMILES string of the molecule is CCOc1cc(/C=C2/SC(=O)N(CC(=O)Nc3ccc(Br)c(Cl)c3)C2=O)ccc1OC(C)=O. The molecule has 11 heteroatoms. The van der Waals surface area contributed by atoms with Crippen LogP contribution in [-0.4, -0.2) is 41.1 Å². The van der Waals surface area contributed by atoms with Crippen LogP contribution in [0, 0.1) is 0 Å². The van der Waals surface area contributed by atoms with Crippen LogP contribution < -0.4 is 14.8 Å². The molecule has 0 radical (unpaired) electrons. The third-order valence-electron chi connectivity index (χ3n) is 4.20. The number of hydrogen-bond acceptors (Lipinski definition) is 7. The van der Waals surface area contributed by atoms with Crippen molar-refractivity contribution in [1.82, 2.24) is 4.90 Å². The Morgan fingerprint density at radius 3 is 2.61 bits per heavy atom. The number of nitrogens with one attached hydrogen (secondary N) is 1. The van der Waals surface area contributed by atoms with Gasteiger partial charge in [-0.2, -0.15) is 0 Å². The molecule has 0 saturated carbocycles. The summed E-state index contributed by atoms with van der Waals surface area (Å²) in [4.78, 5) is 49.7. The van der Waals surface area contributed by atoms with Crippen LogP contribution in [0.5, 0.6) is 11.5 Å². The van der Waals surface area contributed by atoms with Crippen LogP contribution >= 0.6 is 39.3 Å². The van der Waals surface area contributed by atoms with Gasteiger partial charge in [-0.15, -0.1) is 0 Å². The Balaban J connectivity index is 1.73. The summed E-state index contributed by atoms with van der Waals surface area (Å²) >= 11 is 10.0. The van der Waals surface area contributed by atoms with E-state index in [0.29, 0.717) is 33.1 Å². The number of anilines is 1. The predicted octanol–water partition coefficient (Wildman–Crippen LogP) is 5.10. The number of halogens is 2. The quantitative estimate of drug-likeness (QED) is 0.289. The number of ether oxygens (including phenoxy) is 2. The summed E-state index contributed by atoms with van der Waals surface area (Å²) in [6, 6.07) is 9.62. The maximum absolute atomic E-state index is 12.7. The van der Waals surface area contributed by atoms with Crippen LogP contribution in [0.1, 0.15) is 19.4 Å². The predicted molar refractivity (Wildman–Crippen MR) is 129 cm³/mol. The lowest BCUT2D eigenvalue weighted by molar-refractivity contribution is -0.132. The molecule has 0 aliphatic carbocycles. The highest BCUT2D eigenvalue weighted by atomic mass is 79.9. The zero-order valence-corrected chi connectivity index (χ0v) is 20.7. The number of thioether (sulfide) groups is 1. The van der Waals surface area contributed by atoms with Crippen molar-refractivity contribution in [2.45, 2.75) is 13.8 Å².